The van der Waals surface area contributed by atoms with E-state index >= 15 is 0 Å². The predicted molar refractivity (Wildman–Crippen MR) is 85.7 cm³/mol. The summed E-state index contributed by atoms with van der Waals surface area (Å²) in [6, 6.07) is 11.2. The molecule has 0 bridgehead atoms. The molecule has 2 aromatic carbocycles. The first kappa shape index (κ1) is 19.4. The predicted octanol–water partition coefficient (Wildman–Crippen LogP) is 5.71. The van der Waals surface area contributed by atoms with Gasteiger partial charge in [0.2, 0.25) is 0 Å². The van der Waals surface area contributed by atoms with Crippen LogP contribution in [0.15, 0.2) is 54.6 Å². The number of ether oxygens (including phenoxy) is 2. The minimum absolute atomic E-state index is 0.522. The molecule has 0 heterocycles. The Kier molecular flexibility index (Phi) is 4.56. The lowest BCUT2D eigenvalue weighted by Gasteiger charge is -2.55. The largest absolute Gasteiger partial charge is 0.447 e. The fraction of sp³-hybridized carbons (Fsp3) is 0.368. The van der Waals surface area contributed by atoms with Crippen molar-refractivity contribution >= 4 is 0 Å². The van der Waals surface area contributed by atoms with Crippen LogP contribution in [-0.4, -0.2) is 23.6 Å². The van der Waals surface area contributed by atoms with Gasteiger partial charge < -0.3 is 9.47 Å². The Morgan fingerprint density at radius 3 is 1.56 bits per heavy atom. The van der Waals surface area contributed by atoms with Gasteiger partial charge >= 0.3 is 23.6 Å². The summed E-state index contributed by atoms with van der Waals surface area (Å²) in [7, 11) is 0. The maximum Gasteiger partial charge on any atom is 0.395 e. The Labute approximate surface area is 151 Å². The molecule has 2 unspecified atom stereocenters. The molecule has 0 saturated heterocycles. The average Bonchev–Trinajstić information content (AvgIpc) is 2.63. The first-order valence-electron chi connectivity index (χ1n) is 8.24. The number of alkyl halides is 6. The molecule has 0 radical (unpaired) electrons. The van der Waals surface area contributed by atoms with Gasteiger partial charge in [0, 0.05) is 0 Å². The molecule has 1 aliphatic rings. The molecule has 0 aliphatic heterocycles. The summed E-state index contributed by atoms with van der Waals surface area (Å²) in [5.41, 5.74) is 0.801. The quantitative estimate of drug-likeness (QED) is 0.588. The van der Waals surface area contributed by atoms with Gasteiger partial charge in [-0.2, -0.15) is 26.3 Å². The Morgan fingerprint density at radius 2 is 1.11 bits per heavy atom. The van der Waals surface area contributed by atoms with Crippen LogP contribution in [0.25, 0.3) is 0 Å². The SMILES string of the molecule is CCCc1ccc(OC2(F)C(F)(F)C(F)(F)C2(F)Oc2ccccc2)cc1. The molecule has 27 heavy (non-hydrogen) atoms. The second-order valence-electron chi connectivity index (χ2n) is 6.25. The van der Waals surface area contributed by atoms with Crippen molar-refractivity contribution in [2.75, 3.05) is 0 Å². The van der Waals surface area contributed by atoms with Crippen LogP contribution < -0.4 is 9.47 Å². The maximum absolute atomic E-state index is 14.9. The monoisotopic (exact) mass is 390 g/mol. The zero-order valence-corrected chi connectivity index (χ0v) is 14.2. The Balaban J connectivity index is 1.93. The van der Waals surface area contributed by atoms with E-state index in [4.69, 9.17) is 0 Å². The van der Waals surface area contributed by atoms with Crippen molar-refractivity contribution < 1.29 is 35.8 Å². The van der Waals surface area contributed by atoms with Gasteiger partial charge in [-0.25, -0.2) is 0 Å². The average molecular weight is 390 g/mol. The maximum atomic E-state index is 14.9. The van der Waals surface area contributed by atoms with Gasteiger partial charge in [0.05, 0.1) is 0 Å². The van der Waals surface area contributed by atoms with E-state index in [1.165, 1.54) is 30.3 Å². The van der Waals surface area contributed by atoms with E-state index in [1.54, 1.807) is 0 Å². The molecule has 0 aromatic heterocycles. The van der Waals surface area contributed by atoms with Crippen LogP contribution in [0.2, 0.25) is 0 Å². The summed E-state index contributed by atoms with van der Waals surface area (Å²) in [4.78, 5) is 0. The van der Waals surface area contributed by atoms with Gasteiger partial charge in [0.1, 0.15) is 11.5 Å². The summed E-state index contributed by atoms with van der Waals surface area (Å²) < 4.78 is 93.9. The smallest absolute Gasteiger partial charge is 0.395 e. The molecule has 2 aromatic rings. The van der Waals surface area contributed by atoms with E-state index in [1.807, 2.05) is 6.92 Å². The van der Waals surface area contributed by atoms with E-state index in [0.717, 1.165) is 36.2 Å². The first-order chi connectivity index (χ1) is 12.6. The Bertz CT molecular complexity index is 796. The number of halogens is 6. The number of benzene rings is 2. The first-order valence-corrected chi connectivity index (χ1v) is 8.24. The van der Waals surface area contributed by atoms with Gasteiger partial charge in [-0.15, -0.1) is 0 Å². The minimum Gasteiger partial charge on any atom is -0.447 e. The van der Waals surface area contributed by atoms with Crippen molar-refractivity contribution in [3.8, 4) is 11.5 Å². The van der Waals surface area contributed by atoms with Gasteiger partial charge in [0.25, 0.3) is 0 Å². The molecule has 2 nitrogen and oxygen atoms in total. The van der Waals surface area contributed by atoms with Crippen LogP contribution in [0, 0.1) is 0 Å². The van der Waals surface area contributed by atoms with Crippen molar-refractivity contribution in [2.24, 2.45) is 0 Å². The van der Waals surface area contributed by atoms with Gasteiger partial charge in [-0.1, -0.05) is 43.7 Å². The van der Waals surface area contributed by atoms with E-state index in [0.29, 0.717) is 6.42 Å². The highest BCUT2D eigenvalue weighted by molar-refractivity contribution is 5.34. The lowest BCUT2D eigenvalue weighted by Crippen LogP contribution is -2.89. The fourth-order valence-corrected chi connectivity index (χ4v) is 2.83. The summed E-state index contributed by atoms with van der Waals surface area (Å²) in [6.07, 6.45) is 1.47. The molecular formula is C19H16F6O2. The van der Waals surface area contributed by atoms with Crippen LogP contribution in [0.3, 0.4) is 0 Å². The Morgan fingerprint density at radius 1 is 0.667 bits per heavy atom. The Hall–Kier alpha value is -2.38. The molecule has 1 fully saturated rings. The van der Waals surface area contributed by atoms with Crippen molar-refractivity contribution in [1.82, 2.24) is 0 Å². The molecule has 2 atom stereocenters. The van der Waals surface area contributed by atoms with Gasteiger partial charge in [0.15, 0.2) is 0 Å². The normalized spacial score (nSPS) is 28.3. The summed E-state index contributed by atoms with van der Waals surface area (Å²) in [5, 5.41) is 0. The van der Waals surface area contributed by atoms with E-state index in [9.17, 15) is 26.3 Å². The molecule has 0 N–H and O–H groups in total. The number of para-hydroxylation sites is 1. The molecule has 8 heteroatoms. The molecule has 1 aliphatic carbocycles. The molecule has 146 valence electrons. The third kappa shape index (κ3) is 2.64. The standard InChI is InChI=1S/C19H16F6O2/c1-2-6-13-9-11-15(12-10-13)27-19(25)17(22,23)16(20,21)18(19,24)26-14-7-4-3-5-8-14/h3-5,7-12H,2,6H2,1H3. The number of hydrogen-bond acceptors (Lipinski definition) is 2. The second kappa shape index (κ2) is 6.35. The fourth-order valence-electron chi connectivity index (χ4n) is 2.83. The van der Waals surface area contributed by atoms with Crippen molar-refractivity contribution in [2.45, 2.75) is 43.3 Å². The van der Waals surface area contributed by atoms with Crippen LogP contribution in [0.5, 0.6) is 11.5 Å². The molecule has 3 rings (SSSR count). The van der Waals surface area contributed by atoms with E-state index in [2.05, 4.69) is 9.47 Å². The zero-order chi connectivity index (χ0) is 19.9. The van der Waals surface area contributed by atoms with Crippen LogP contribution in [0.1, 0.15) is 18.9 Å². The number of hydrogen-bond donors (Lipinski definition) is 0. The second-order valence-corrected chi connectivity index (χ2v) is 6.25. The minimum atomic E-state index is -5.44. The molecule has 0 amide bonds. The summed E-state index contributed by atoms with van der Waals surface area (Å²) in [6.45, 7) is 1.91. The van der Waals surface area contributed by atoms with Crippen molar-refractivity contribution in [3.05, 3.63) is 60.2 Å². The topological polar surface area (TPSA) is 18.5 Å². The lowest BCUT2D eigenvalue weighted by atomic mass is 9.76. The van der Waals surface area contributed by atoms with Gasteiger partial charge in [-0.05, 0) is 36.2 Å². The summed E-state index contributed by atoms with van der Waals surface area (Å²) in [5.74, 6) is -21.4. The highest BCUT2D eigenvalue weighted by Crippen LogP contribution is 2.68. The zero-order valence-electron chi connectivity index (χ0n) is 14.2. The highest BCUT2D eigenvalue weighted by Gasteiger charge is 3.03. The van der Waals surface area contributed by atoms with Gasteiger partial charge in [-0.3, -0.25) is 0 Å². The van der Waals surface area contributed by atoms with Crippen LogP contribution in [0.4, 0.5) is 26.3 Å². The van der Waals surface area contributed by atoms with Crippen LogP contribution >= 0.6 is 0 Å². The van der Waals surface area contributed by atoms with E-state index < -0.39 is 35.1 Å². The van der Waals surface area contributed by atoms with Crippen molar-refractivity contribution in [1.29, 1.82) is 0 Å². The van der Waals surface area contributed by atoms with E-state index in [-0.39, 0.29) is 0 Å². The van der Waals surface area contributed by atoms with Crippen LogP contribution in [-0.2, 0) is 6.42 Å². The highest BCUT2D eigenvalue weighted by atomic mass is 19.3. The lowest BCUT2D eigenvalue weighted by molar-refractivity contribution is -0.527. The molecule has 0 spiro atoms. The molecular weight excluding hydrogens is 374 g/mol. The summed E-state index contributed by atoms with van der Waals surface area (Å²) >= 11 is 0. The van der Waals surface area contributed by atoms with Crippen molar-refractivity contribution in [3.63, 3.8) is 0 Å². The number of rotatable bonds is 6. The third-order valence-electron chi connectivity index (χ3n) is 4.34. The molecule has 1 saturated carbocycles. The third-order valence-corrected chi connectivity index (χ3v) is 4.34. The number of aryl methyl sites for hydroxylation is 1.